The van der Waals surface area contributed by atoms with Gasteiger partial charge in [-0.25, -0.2) is 0 Å². The van der Waals surface area contributed by atoms with Gasteiger partial charge in [0.2, 0.25) is 11.5 Å². The van der Waals surface area contributed by atoms with Gasteiger partial charge in [0.05, 0.1) is 0 Å². The Balaban J connectivity index is 2.77. The van der Waals surface area contributed by atoms with Gasteiger partial charge in [-0.3, -0.25) is 0 Å². The second-order valence-electron chi connectivity index (χ2n) is 2.09. The minimum atomic E-state index is -0.000185. The van der Waals surface area contributed by atoms with Crippen molar-refractivity contribution in [1.82, 2.24) is 9.36 Å². The summed E-state index contributed by atoms with van der Waals surface area (Å²) in [6, 6.07) is 1.81. The fourth-order valence-corrected chi connectivity index (χ4v) is 1.03. The number of rotatable bonds is 4. The summed E-state index contributed by atoms with van der Waals surface area (Å²) < 4.78 is 3.81. The summed E-state index contributed by atoms with van der Waals surface area (Å²) in [5, 5.41) is 12.5. The molecule has 7 heteroatoms. The van der Waals surface area contributed by atoms with Crippen molar-refractivity contribution >= 4 is 22.4 Å². The highest BCUT2D eigenvalue weighted by Crippen LogP contribution is 2.06. The van der Waals surface area contributed by atoms with Gasteiger partial charge in [0, 0.05) is 11.5 Å². The van der Waals surface area contributed by atoms with Crippen molar-refractivity contribution in [3.05, 3.63) is 18.5 Å². The first-order valence-corrected chi connectivity index (χ1v) is 4.35. The van der Waals surface area contributed by atoms with E-state index in [-0.39, 0.29) is 23.3 Å². The Labute approximate surface area is 84.5 Å². The molecule has 0 aliphatic carbocycles. The number of nitrogens with two attached hydrogens (primary N) is 1. The smallest absolute Gasteiger partial charge is 0.225 e. The van der Waals surface area contributed by atoms with Crippen LogP contribution in [0.5, 0.6) is 0 Å². The molecule has 0 saturated heterocycles. The third kappa shape index (κ3) is 2.53. The van der Waals surface area contributed by atoms with Crippen LogP contribution in [0.25, 0.3) is 0 Å². The fraction of sp³-hybridized carbons (Fsp3) is 0.143. The molecule has 0 saturated carbocycles. The van der Waals surface area contributed by atoms with Crippen molar-refractivity contribution in [2.75, 3.05) is 12.3 Å². The van der Waals surface area contributed by atoms with Gasteiger partial charge in [-0.1, -0.05) is 17.8 Å². The number of aromatic nitrogens is 2. The Morgan fingerprint density at radius 1 is 1.86 bits per heavy atom. The lowest BCUT2D eigenvalue weighted by Gasteiger charge is -1.92. The predicted molar refractivity (Wildman–Crippen MR) is 52.6 cm³/mol. The Kier molecular flexibility index (Phi) is 3.58. The molecule has 2 N–H and O–H groups in total. The van der Waals surface area contributed by atoms with Crippen molar-refractivity contribution in [2.45, 2.75) is 0 Å². The Bertz CT molecular complexity index is 391. The maximum absolute atomic E-state index is 8.69. The molecular weight excluding hydrogens is 202 g/mol. The molecule has 0 aliphatic heterocycles. The van der Waals surface area contributed by atoms with Gasteiger partial charge in [0.15, 0.2) is 5.13 Å². The average Bonchev–Trinajstić information content (AvgIpc) is 2.60. The molecule has 0 aromatic carbocycles. The topological polar surface area (TPSA) is 97.2 Å². The lowest BCUT2D eigenvalue weighted by atomic mass is 10.4. The number of oxime groups is 1. The summed E-state index contributed by atoms with van der Waals surface area (Å²) in [5.41, 5.74) is 5.35. The normalized spacial score (nSPS) is 10.6. The van der Waals surface area contributed by atoms with E-state index >= 15 is 0 Å². The number of hydrogen-bond donors (Lipinski definition) is 1. The first-order valence-electron chi connectivity index (χ1n) is 3.58. The van der Waals surface area contributed by atoms with E-state index in [0.717, 1.165) is 11.5 Å². The second-order valence-corrected chi connectivity index (χ2v) is 2.88. The van der Waals surface area contributed by atoms with Gasteiger partial charge in [0.25, 0.3) is 0 Å². The van der Waals surface area contributed by atoms with Crippen molar-refractivity contribution in [2.24, 2.45) is 5.16 Å². The Morgan fingerprint density at radius 2 is 2.64 bits per heavy atom. The lowest BCUT2D eigenvalue weighted by molar-refractivity contribution is 0.175. The highest BCUT2D eigenvalue weighted by atomic mass is 32.1. The lowest BCUT2D eigenvalue weighted by Crippen LogP contribution is -2.01. The zero-order chi connectivity index (χ0) is 10.4. The molecule has 0 fully saturated rings. The van der Waals surface area contributed by atoms with E-state index in [2.05, 4.69) is 21.1 Å². The van der Waals surface area contributed by atoms with Crippen LogP contribution in [0.3, 0.4) is 0 Å². The van der Waals surface area contributed by atoms with Gasteiger partial charge < -0.3 is 10.6 Å². The summed E-state index contributed by atoms with van der Waals surface area (Å²) in [4.78, 5) is 8.52. The minimum absolute atomic E-state index is 0.000185. The standard InChI is InChI=1S/C7H7N5OS/c1-2-3-13-11-5(4-8)6-10-7(9)14-12-6/h2H,1,3H2,(H2,9,10,12). The van der Waals surface area contributed by atoms with Crippen molar-refractivity contribution in [3.63, 3.8) is 0 Å². The molecule has 6 nitrogen and oxygen atoms in total. The van der Waals surface area contributed by atoms with Crippen LogP contribution >= 0.6 is 11.5 Å². The highest BCUT2D eigenvalue weighted by molar-refractivity contribution is 7.09. The van der Waals surface area contributed by atoms with E-state index < -0.39 is 0 Å². The Hall–Kier alpha value is -1.94. The fourth-order valence-electron chi connectivity index (χ4n) is 0.597. The largest absolute Gasteiger partial charge is 0.390 e. The van der Waals surface area contributed by atoms with E-state index in [1.54, 1.807) is 0 Å². The highest BCUT2D eigenvalue weighted by Gasteiger charge is 2.09. The average molecular weight is 209 g/mol. The zero-order valence-electron chi connectivity index (χ0n) is 7.17. The summed E-state index contributed by atoms with van der Waals surface area (Å²) in [5.74, 6) is 0.180. The molecule has 0 spiro atoms. The van der Waals surface area contributed by atoms with Gasteiger partial charge in [-0.05, 0) is 0 Å². The number of nitriles is 1. The van der Waals surface area contributed by atoms with Crippen LogP contribution in [0.4, 0.5) is 5.13 Å². The third-order valence-corrected chi connectivity index (χ3v) is 1.65. The molecule has 0 aliphatic rings. The van der Waals surface area contributed by atoms with Crippen LogP contribution in [0, 0.1) is 11.3 Å². The van der Waals surface area contributed by atoms with Gasteiger partial charge >= 0.3 is 0 Å². The van der Waals surface area contributed by atoms with Crippen LogP contribution in [-0.2, 0) is 4.84 Å². The quantitative estimate of drug-likeness (QED) is 0.338. The number of nitrogen functional groups attached to an aromatic ring is 1. The molecular formula is C7H7N5OS. The zero-order valence-corrected chi connectivity index (χ0v) is 7.99. The molecule has 0 radical (unpaired) electrons. The minimum Gasteiger partial charge on any atom is -0.390 e. The maximum Gasteiger partial charge on any atom is 0.225 e. The van der Waals surface area contributed by atoms with Gasteiger partial charge in [-0.15, -0.1) is 0 Å². The molecule has 72 valence electrons. The van der Waals surface area contributed by atoms with Crippen LogP contribution in [0.15, 0.2) is 17.8 Å². The maximum atomic E-state index is 8.69. The predicted octanol–water partition coefficient (Wildman–Crippen LogP) is 0.551. The third-order valence-electron chi connectivity index (χ3n) is 1.11. The van der Waals surface area contributed by atoms with Crippen LogP contribution in [-0.4, -0.2) is 21.7 Å². The molecule has 0 unspecified atom stereocenters. The summed E-state index contributed by atoms with van der Waals surface area (Å²) in [6.45, 7) is 3.66. The van der Waals surface area contributed by atoms with Crippen molar-refractivity contribution in [1.29, 1.82) is 5.26 Å². The van der Waals surface area contributed by atoms with Gasteiger partial charge in [0.1, 0.15) is 12.7 Å². The van der Waals surface area contributed by atoms with E-state index in [1.165, 1.54) is 6.08 Å². The van der Waals surface area contributed by atoms with E-state index in [0.29, 0.717) is 0 Å². The van der Waals surface area contributed by atoms with E-state index in [9.17, 15) is 0 Å². The molecule has 1 rings (SSSR count). The molecule has 14 heavy (non-hydrogen) atoms. The second kappa shape index (κ2) is 4.94. The van der Waals surface area contributed by atoms with Crippen molar-refractivity contribution < 1.29 is 4.84 Å². The summed E-state index contributed by atoms with van der Waals surface area (Å²) in [7, 11) is 0. The number of anilines is 1. The molecule has 1 aromatic rings. The SMILES string of the molecule is C=CCON=C(C#N)c1nsc(N)n1. The summed E-state index contributed by atoms with van der Waals surface area (Å²) in [6.07, 6.45) is 1.52. The molecule has 0 atom stereocenters. The van der Waals surface area contributed by atoms with E-state index in [1.807, 2.05) is 6.07 Å². The van der Waals surface area contributed by atoms with E-state index in [4.69, 9.17) is 15.8 Å². The van der Waals surface area contributed by atoms with Crippen LogP contribution in [0.1, 0.15) is 5.82 Å². The molecule has 0 bridgehead atoms. The molecule has 1 heterocycles. The molecule has 0 amide bonds. The number of hydrogen-bond acceptors (Lipinski definition) is 7. The van der Waals surface area contributed by atoms with Gasteiger partial charge in [-0.2, -0.15) is 14.6 Å². The first-order chi connectivity index (χ1) is 6.77. The monoisotopic (exact) mass is 209 g/mol. The van der Waals surface area contributed by atoms with Crippen LogP contribution < -0.4 is 5.73 Å². The van der Waals surface area contributed by atoms with Crippen molar-refractivity contribution in [3.8, 4) is 6.07 Å². The molecule has 1 aromatic heterocycles. The number of nitrogens with zero attached hydrogens (tertiary/aromatic N) is 4. The van der Waals surface area contributed by atoms with Crippen LogP contribution in [0.2, 0.25) is 0 Å². The summed E-state index contributed by atoms with van der Waals surface area (Å²) >= 11 is 0.996. The Morgan fingerprint density at radius 3 is 3.14 bits per heavy atom. The first kappa shape index (κ1) is 10.1.